The Morgan fingerprint density at radius 2 is 1.76 bits per heavy atom. The number of ether oxygens (including phenoxy) is 1. The van der Waals surface area contributed by atoms with E-state index >= 15 is 0 Å². The molecule has 0 radical (unpaired) electrons. The minimum atomic E-state index is -0.315. The van der Waals surface area contributed by atoms with Crippen molar-refractivity contribution < 1.29 is 9.13 Å². The Balaban J connectivity index is 2.24. The molecule has 0 spiro atoms. The Kier molecular flexibility index (Phi) is 4.97. The van der Waals surface area contributed by atoms with Gasteiger partial charge in [0.05, 0.1) is 7.11 Å². The van der Waals surface area contributed by atoms with Crippen LogP contribution in [0.15, 0.2) is 36.4 Å². The lowest BCUT2D eigenvalue weighted by Gasteiger charge is -2.18. The van der Waals surface area contributed by atoms with Crippen molar-refractivity contribution in [2.45, 2.75) is 26.3 Å². The topological polar surface area (TPSA) is 21.3 Å². The van der Waals surface area contributed by atoms with Gasteiger partial charge in [0.1, 0.15) is 0 Å². The minimum absolute atomic E-state index is 0.163. The molecule has 2 aromatic carbocycles. The zero-order valence-electron chi connectivity index (χ0n) is 13.0. The van der Waals surface area contributed by atoms with Crippen molar-refractivity contribution in [2.75, 3.05) is 14.2 Å². The summed E-state index contributed by atoms with van der Waals surface area (Å²) < 4.78 is 18.7. The summed E-state index contributed by atoms with van der Waals surface area (Å²) in [4.78, 5) is 0. The van der Waals surface area contributed by atoms with Gasteiger partial charge in [-0.25, -0.2) is 4.39 Å². The highest BCUT2D eigenvalue weighted by Crippen LogP contribution is 2.24. The molecule has 21 heavy (non-hydrogen) atoms. The molecule has 0 amide bonds. The fraction of sp³-hybridized carbons (Fsp3) is 0.333. The van der Waals surface area contributed by atoms with Gasteiger partial charge in [0.15, 0.2) is 11.6 Å². The van der Waals surface area contributed by atoms with Crippen molar-refractivity contribution >= 4 is 0 Å². The third kappa shape index (κ3) is 3.82. The predicted octanol–water partition coefficient (Wildman–Crippen LogP) is 3.95. The van der Waals surface area contributed by atoms with E-state index in [0.717, 1.165) is 12.0 Å². The molecule has 2 rings (SSSR count). The van der Waals surface area contributed by atoms with Crippen LogP contribution in [0.4, 0.5) is 4.39 Å². The number of hydrogen-bond donors (Lipinski definition) is 1. The van der Waals surface area contributed by atoms with Crippen LogP contribution in [-0.2, 0) is 6.42 Å². The third-order valence-corrected chi connectivity index (χ3v) is 3.65. The van der Waals surface area contributed by atoms with E-state index in [2.05, 4.69) is 37.4 Å². The number of rotatable bonds is 5. The van der Waals surface area contributed by atoms with Gasteiger partial charge in [-0.2, -0.15) is 0 Å². The monoisotopic (exact) mass is 287 g/mol. The Bertz CT molecular complexity index is 604. The first-order chi connectivity index (χ1) is 10.0. The van der Waals surface area contributed by atoms with E-state index in [9.17, 15) is 4.39 Å². The SMILES string of the molecule is CNC(Cc1ccc(OC)c(F)c1)c1cc(C)cc(C)c1. The first-order valence-electron chi connectivity index (χ1n) is 7.11. The molecule has 1 unspecified atom stereocenters. The molecule has 1 N–H and O–H groups in total. The lowest BCUT2D eigenvalue weighted by molar-refractivity contribution is 0.386. The first kappa shape index (κ1) is 15.5. The molecule has 0 aliphatic rings. The van der Waals surface area contributed by atoms with Gasteiger partial charge in [-0.15, -0.1) is 0 Å². The highest BCUT2D eigenvalue weighted by Gasteiger charge is 2.12. The molecule has 0 saturated heterocycles. The van der Waals surface area contributed by atoms with E-state index in [1.54, 1.807) is 12.1 Å². The quantitative estimate of drug-likeness (QED) is 0.899. The standard InChI is InChI=1S/C18H22FNO/c1-12-7-13(2)9-15(8-12)17(20-3)11-14-5-6-18(21-4)16(19)10-14/h5-10,17,20H,11H2,1-4H3. The summed E-state index contributed by atoms with van der Waals surface area (Å²) in [5, 5.41) is 3.32. The van der Waals surface area contributed by atoms with E-state index in [1.165, 1.54) is 23.8 Å². The van der Waals surface area contributed by atoms with Crippen LogP contribution in [0.2, 0.25) is 0 Å². The normalized spacial score (nSPS) is 12.2. The van der Waals surface area contributed by atoms with Crippen LogP contribution in [-0.4, -0.2) is 14.2 Å². The van der Waals surface area contributed by atoms with Crippen molar-refractivity contribution in [3.63, 3.8) is 0 Å². The largest absolute Gasteiger partial charge is 0.494 e. The first-order valence-corrected chi connectivity index (χ1v) is 7.11. The van der Waals surface area contributed by atoms with Crippen molar-refractivity contribution in [1.82, 2.24) is 5.32 Å². The van der Waals surface area contributed by atoms with Gasteiger partial charge >= 0.3 is 0 Å². The summed E-state index contributed by atoms with van der Waals surface area (Å²) in [6, 6.07) is 11.8. The van der Waals surface area contributed by atoms with Gasteiger partial charge in [-0.05, 0) is 50.6 Å². The van der Waals surface area contributed by atoms with Crippen molar-refractivity contribution in [3.05, 3.63) is 64.5 Å². The van der Waals surface area contributed by atoms with Crippen LogP contribution in [0, 0.1) is 19.7 Å². The Morgan fingerprint density at radius 1 is 1.10 bits per heavy atom. The lowest BCUT2D eigenvalue weighted by atomic mass is 9.96. The maximum Gasteiger partial charge on any atom is 0.165 e. The molecule has 0 bridgehead atoms. The molecule has 112 valence electrons. The number of methoxy groups -OCH3 is 1. The van der Waals surface area contributed by atoms with Gasteiger partial charge in [0.25, 0.3) is 0 Å². The second kappa shape index (κ2) is 6.72. The number of halogens is 1. The van der Waals surface area contributed by atoms with E-state index in [1.807, 2.05) is 13.1 Å². The number of nitrogens with one attached hydrogen (secondary N) is 1. The minimum Gasteiger partial charge on any atom is -0.494 e. The molecule has 1 atom stereocenters. The summed E-state index contributed by atoms with van der Waals surface area (Å²) in [5.41, 5.74) is 4.66. The fourth-order valence-corrected chi connectivity index (χ4v) is 2.67. The van der Waals surface area contributed by atoms with Crippen LogP contribution < -0.4 is 10.1 Å². The predicted molar refractivity (Wildman–Crippen MR) is 84.4 cm³/mol. The van der Waals surface area contributed by atoms with E-state index in [4.69, 9.17) is 4.74 Å². The molecule has 0 saturated carbocycles. The Hall–Kier alpha value is -1.87. The lowest BCUT2D eigenvalue weighted by Crippen LogP contribution is -2.19. The van der Waals surface area contributed by atoms with Crippen molar-refractivity contribution in [3.8, 4) is 5.75 Å². The van der Waals surface area contributed by atoms with E-state index in [0.29, 0.717) is 0 Å². The van der Waals surface area contributed by atoms with Crippen LogP contribution in [0.1, 0.15) is 28.3 Å². The molecule has 2 aromatic rings. The summed E-state index contributed by atoms with van der Waals surface area (Å²) in [5.74, 6) is -0.0311. The average molecular weight is 287 g/mol. The number of benzene rings is 2. The van der Waals surface area contributed by atoms with Gasteiger partial charge in [0.2, 0.25) is 0 Å². The van der Waals surface area contributed by atoms with Crippen molar-refractivity contribution in [1.29, 1.82) is 0 Å². The molecule has 0 aliphatic heterocycles. The molecular weight excluding hydrogens is 265 g/mol. The summed E-state index contributed by atoms with van der Waals surface area (Å²) >= 11 is 0. The van der Waals surface area contributed by atoms with Crippen LogP contribution in [0.25, 0.3) is 0 Å². The third-order valence-electron chi connectivity index (χ3n) is 3.65. The highest BCUT2D eigenvalue weighted by molar-refractivity contribution is 5.34. The molecule has 0 aliphatic carbocycles. The molecule has 3 heteroatoms. The summed E-state index contributed by atoms with van der Waals surface area (Å²) in [7, 11) is 3.41. The number of aryl methyl sites for hydroxylation is 2. The van der Waals surface area contributed by atoms with E-state index < -0.39 is 0 Å². The average Bonchev–Trinajstić information content (AvgIpc) is 2.43. The summed E-state index contributed by atoms with van der Waals surface area (Å²) in [6.45, 7) is 4.19. The number of hydrogen-bond acceptors (Lipinski definition) is 2. The molecule has 0 aromatic heterocycles. The van der Waals surface area contributed by atoms with Gasteiger partial charge in [0, 0.05) is 6.04 Å². The van der Waals surface area contributed by atoms with Gasteiger partial charge < -0.3 is 10.1 Å². The van der Waals surface area contributed by atoms with Crippen LogP contribution >= 0.6 is 0 Å². The Morgan fingerprint density at radius 3 is 2.29 bits per heavy atom. The molecule has 0 fully saturated rings. The summed E-state index contributed by atoms with van der Waals surface area (Å²) in [6.07, 6.45) is 0.736. The smallest absolute Gasteiger partial charge is 0.165 e. The second-order valence-corrected chi connectivity index (χ2v) is 5.44. The maximum absolute atomic E-state index is 13.8. The second-order valence-electron chi connectivity index (χ2n) is 5.44. The molecule has 2 nitrogen and oxygen atoms in total. The molecule has 0 heterocycles. The van der Waals surface area contributed by atoms with Gasteiger partial charge in [-0.3, -0.25) is 0 Å². The zero-order valence-corrected chi connectivity index (χ0v) is 13.0. The zero-order chi connectivity index (χ0) is 15.4. The van der Waals surface area contributed by atoms with Gasteiger partial charge in [-0.1, -0.05) is 35.4 Å². The number of likely N-dealkylation sites (N-methyl/N-ethyl adjacent to an activating group) is 1. The molecular formula is C18H22FNO. The Labute approximate surface area is 126 Å². The van der Waals surface area contributed by atoms with Crippen LogP contribution in [0.5, 0.6) is 5.75 Å². The highest BCUT2D eigenvalue weighted by atomic mass is 19.1. The van der Waals surface area contributed by atoms with Crippen molar-refractivity contribution in [2.24, 2.45) is 0 Å². The van der Waals surface area contributed by atoms with Crippen LogP contribution in [0.3, 0.4) is 0 Å². The fourth-order valence-electron chi connectivity index (χ4n) is 2.67. The maximum atomic E-state index is 13.8. The van der Waals surface area contributed by atoms with E-state index in [-0.39, 0.29) is 17.6 Å².